The predicted molar refractivity (Wildman–Crippen MR) is 109 cm³/mol. The van der Waals surface area contributed by atoms with Gasteiger partial charge in [-0.05, 0) is 42.8 Å². The molecule has 0 radical (unpaired) electrons. The van der Waals surface area contributed by atoms with Gasteiger partial charge in [0.1, 0.15) is 0 Å². The summed E-state index contributed by atoms with van der Waals surface area (Å²) in [4.78, 5) is 27.1. The van der Waals surface area contributed by atoms with Gasteiger partial charge >= 0.3 is 5.97 Å². The Balaban J connectivity index is 1.99. The molecular weight excluding hydrogens is 374 g/mol. The number of carbonyl (C=O) groups excluding carboxylic acids is 1. The topological polar surface area (TPSA) is 97.9 Å². The second-order valence-corrected chi connectivity index (χ2v) is 6.38. The third kappa shape index (κ3) is 3.80. The molecule has 0 aliphatic carbocycles. The van der Waals surface area contributed by atoms with Gasteiger partial charge in [0.2, 0.25) is 5.75 Å². The second-order valence-electron chi connectivity index (χ2n) is 6.38. The molecule has 0 amide bonds. The number of rotatable bonds is 7. The summed E-state index contributed by atoms with van der Waals surface area (Å²) in [5.74, 6) is 0.0275. The van der Waals surface area contributed by atoms with Crippen molar-refractivity contribution < 1.29 is 28.9 Å². The van der Waals surface area contributed by atoms with Crippen LogP contribution in [0.15, 0.2) is 42.1 Å². The molecule has 7 heteroatoms. The van der Waals surface area contributed by atoms with E-state index in [0.29, 0.717) is 33.9 Å². The molecule has 0 unspecified atom stereocenters. The fourth-order valence-electron chi connectivity index (χ4n) is 3.14. The minimum Gasteiger partial charge on any atom is -0.493 e. The van der Waals surface area contributed by atoms with Gasteiger partial charge in [-0.25, -0.2) is 4.79 Å². The van der Waals surface area contributed by atoms with E-state index < -0.39 is 5.97 Å². The Labute approximate surface area is 167 Å². The molecule has 0 bridgehead atoms. The normalized spacial score (nSPS) is 11.4. The molecule has 150 valence electrons. The van der Waals surface area contributed by atoms with E-state index in [0.717, 1.165) is 10.9 Å². The van der Waals surface area contributed by atoms with E-state index in [4.69, 9.17) is 19.3 Å². The fourth-order valence-corrected chi connectivity index (χ4v) is 3.14. The monoisotopic (exact) mass is 395 g/mol. The maximum atomic E-state index is 13.0. The standard InChI is InChI=1S/C22H21NO6/c1-12(7-15-11-23-17-8-13(22(25)26)5-6-16(15)17)20(24)14-9-18(27-2)21(29-4)19(10-14)28-3/h5-11,23H,1-4H3,(H,25,26)/b12-7+. The van der Waals surface area contributed by atoms with Crippen molar-refractivity contribution in [2.24, 2.45) is 0 Å². The zero-order valence-electron chi connectivity index (χ0n) is 16.5. The van der Waals surface area contributed by atoms with Gasteiger partial charge in [0, 0.05) is 28.2 Å². The minimum atomic E-state index is -0.993. The molecule has 0 atom stereocenters. The van der Waals surface area contributed by atoms with Crippen molar-refractivity contribution in [3.05, 3.63) is 58.8 Å². The number of nitrogens with one attached hydrogen (secondary N) is 1. The van der Waals surface area contributed by atoms with Gasteiger partial charge in [0.15, 0.2) is 17.3 Å². The lowest BCUT2D eigenvalue weighted by Crippen LogP contribution is -2.04. The fraction of sp³-hybridized carbons (Fsp3) is 0.182. The zero-order valence-corrected chi connectivity index (χ0v) is 16.5. The van der Waals surface area contributed by atoms with Crippen molar-refractivity contribution >= 4 is 28.7 Å². The predicted octanol–water partition coefficient (Wildman–Crippen LogP) is 4.18. The average Bonchev–Trinajstić information content (AvgIpc) is 3.13. The number of aromatic amines is 1. The Morgan fingerprint density at radius 1 is 0.966 bits per heavy atom. The lowest BCUT2D eigenvalue weighted by molar-refractivity contribution is 0.0697. The zero-order chi connectivity index (χ0) is 21.1. The number of hydrogen-bond donors (Lipinski definition) is 2. The molecule has 1 heterocycles. The van der Waals surface area contributed by atoms with Crippen molar-refractivity contribution in [3.8, 4) is 17.2 Å². The molecule has 0 fully saturated rings. The number of carboxylic acid groups (broad SMARTS) is 1. The van der Waals surface area contributed by atoms with Crippen LogP contribution in [-0.2, 0) is 0 Å². The SMILES string of the molecule is COc1cc(C(=O)/C(C)=C/c2c[nH]c3cc(C(=O)O)ccc23)cc(OC)c1OC. The third-order valence-electron chi connectivity index (χ3n) is 4.62. The molecule has 1 aromatic heterocycles. The van der Waals surface area contributed by atoms with E-state index in [1.165, 1.54) is 27.4 Å². The van der Waals surface area contributed by atoms with Gasteiger partial charge in [-0.1, -0.05) is 6.07 Å². The van der Waals surface area contributed by atoms with Crippen LogP contribution in [0.25, 0.3) is 17.0 Å². The highest BCUT2D eigenvalue weighted by Crippen LogP contribution is 2.38. The third-order valence-corrected chi connectivity index (χ3v) is 4.62. The van der Waals surface area contributed by atoms with Crippen LogP contribution in [0.3, 0.4) is 0 Å². The van der Waals surface area contributed by atoms with Crippen molar-refractivity contribution in [2.45, 2.75) is 6.92 Å². The number of carbonyl (C=O) groups is 2. The van der Waals surface area contributed by atoms with E-state index in [1.54, 1.807) is 43.5 Å². The highest BCUT2D eigenvalue weighted by molar-refractivity contribution is 6.12. The van der Waals surface area contributed by atoms with Crippen LogP contribution in [0.4, 0.5) is 0 Å². The Morgan fingerprint density at radius 3 is 2.17 bits per heavy atom. The molecule has 2 N–H and O–H groups in total. The van der Waals surface area contributed by atoms with Gasteiger partial charge in [0.25, 0.3) is 0 Å². The molecule has 0 spiro atoms. The number of fused-ring (bicyclic) bond motifs is 1. The van der Waals surface area contributed by atoms with Gasteiger partial charge in [-0.3, -0.25) is 4.79 Å². The number of methoxy groups -OCH3 is 3. The van der Waals surface area contributed by atoms with Crippen LogP contribution in [-0.4, -0.2) is 43.2 Å². The van der Waals surface area contributed by atoms with E-state index in [1.807, 2.05) is 0 Å². The summed E-state index contributed by atoms with van der Waals surface area (Å²) in [6, 6.07) is 8.03. The maximum absolute atomic E-state index is 13.0. The highest BCUT2D eigenvalue weighted by atomic mass is 16.5. The smallest absolute Gasteiger partial charge is 0.335 e. The lowest BCUT2D eigenvalue weighted by Gasteiger charge is -2.13. The molecular formula is C22H21NO6. The first-order chi connectivity index (χ1) is 13.9. The van der Waals surface area contributed by atoms with Crippen molar-refractivity contribution in [1.82, 2.24) is 4.98 Å². The number of ether oxygens (including phenoxy) is 3. The van der Waals surface area contributed by atoms with Gasteiger partial charge < -0.3 is 24.3 Å². The first kappa shape index (κ1) is 20.0. The van der Waals surface area contributed by atoms with Gasteiger partial charge in [-0.15, -0.1) is 0 Å². The average molecular weight is 395 g/mol. The molecule has 0 saturated carbocycles. The van der Waals surface area contributed by atoms with E-state index >= 15 is 0 Å². The van der Waals surface area contributed by atoms with Crippen LogP contribution in [0.2, 0.25) is 0 Å². The first-order valence-electron chi connectivity index (χ1n) is 8.77. The summed E-state index contributed by atoms with van der Waals surface area (Å²) in [5, 5.41) is 9.94. The van der Waals surface area contributed by atoms with Crippen molar-refractivity contribution in [1.29, 1.82) is 0 Å². The summed E-state index contributed by atoms with van der Waals surface area (Å²) in [6.07, 6.45) is 3.49. The van der Waals surface area contributed by atoms with Gasteiger partial charge in [-0.2, -0.15) is 0 Å². The summed E-state index contributed by atoms with van der Waals surface area (Å²) in [6.45, 7) is 1.72. The largest absolute Gasteiger partial charge is 0.493 e. The van der Waals surface area contributed by atoms with E-state index in [2.05, 4.69) is 4.98 Å². The summed E-state index contributed by atoms with van der Waals surface area (Å²) in [5.41, 5.74) is 2.57. The lowest BCUT2D eigenvalue weighted by atomic mass is 10.0. The maximum Gasteiger partial charge on any atom is 0.335 e. The number of aromatic carboxylic acids is 1. The Morgan fingerprint density at radius 2 is 1.62 bits per heavy atom. The number of H-pyrrole nitrogens is 1. The number of hydrogen-bond acceptors (Lipinski definition) is 5. The summed E-state index contributed by atoms with van der Waals surface area (Å²) < 4.78 is 15.9. The van der Waals surface area contributed by atoms with Crippen LogP contribution < -0.4 is 14.2 Å². The molecule has 3 rings (SSSR count). The number of aromatic nitrogens is 1. The molecule has 0 saturated heterocycles. The highest BCUT2D eigenvalue weighted by Gasteiger charge is 2.18. The molecule has 2 aromatic carbocycles. The quantitative estimate of drug-likeness (QED) is 0.460. The Hall–Kier alpha value is -3.74. The van der Waals surface area contributed by atoms with Crippen LogP contribution >= 0.6 is 0 Å². The Bertz CT molecular complexity index is 1100. The minimum absolute atomic E-state index is 0.194. The van der Waals surface area contributed by atoms with E-state index in [9.17, 15) is 9.59 Å². The Kier molecular flexibility index (Phi) is 5.59. The molecule has 7 nitrogen and oxygen atoms in total. The number of ketones is 1. The van der Waals surface area contributed by atoms with Crippen LogP contribution in [0, 0.1) is 0 Å². The molecule has 29 heavy (non-hydrogen) atoms. The number of benzene rings is 2. The number of Topliss-reactive ketones (excluding diaryl/α,β-unsaturated/α-hetero) is 1. The summed E-state index contributed by atoms with van der Waals surface area (Å²) >= 11 is 0. The summed E-state index contributed by atoms with van der Waals surface area (Å²) in [7, 11) is 4.48. The van der Waals surface area contributed by atoms with E-state index in [-0.39, 0.29) is 11.3 Å². The van der Waals surface area contributed by atoms with Crippen molar-refractivity contribution in [2.75, 3.05) is 21.3 Å². The van der Waals surface area contributed by atoms with Gasteiger partial charge in [0.05, 0.1) is 26.9 Å². The number of allylic oxidation sites excluding steroid dienone is 1. The number of carboxylic acids is 1. The van der Waals surface area contributed by atoms with Crippen LogP contribution in [0.5, 0.6) is 17.2 Å². The van der Waals surface area contributed by atoms with Crippen LogP contribution in [0.1, 0.15) is 33.2 Å². The first-order valence-corrected chi connectivity index (χ1v) is 8.77. The molecule has 3 aromatic rings. The molecule has 0 aliphatic heterocycles. The second kappa shape index (κ2) is 8.10. The van der Waals surface area contributed by atoms with Crippen molar-refractivity contribution in [3.63, 3.8) is 0 Å². The molecule has 0 aliphatic rings.